The van der Waals surface area contributed by atoms with E-state index in [4.69, 9.17) is 5.26 Å². The predicted molar refractivity (Wildman–Crippen MR) is 66.4 cm³/mol. The van der Waals surface area contributed by atoms with Crippen molar-refractivity contribution in [2.75, 3.05) is 0 Å². The summed E-state index contributed by atoms with van der Waals surface area (Å²) in [4.78, 5) is 0. The molecule has 1 heteroatoms. The second-order valence-electron chi connectivity index (χ2n) is 5.01. The molecule has 0 radical (unpaired) electrons. The van der Waals surface area contributed by atoms with Crippen LogP contribution in [0.1, 0.15) is 47.5 Å². The van der Waals surface area contributed by atoms with Crippen LogP contribution in [0.5, 0.6) is 0 Å². The van der Waals surface area contributed by atoms with Crippen molar-refractivity contribution in [3.05, 3.63) is 24.3 Å². The number of hydrogen-bond donors (Lipinski definition) is 0. The summed E-state index contributed by atoms with van der Waals surface area (Å²) in [5, 5.41) is 9.08. The Morgan fingerprint density at radius 3 is 2.07 bits per heavy atom. The lowest BCUT2D eigenvalue weighted by atomic mass is 9.69. The number of nitriles is 1. The fourth-order valence-corrected chi connectivity index (χ4v) is 1.09. The molecule has 0 saturated heterocycles. The van der Waals surface area contributed by atoms with E-state index in [1.165, 1.54) is 0 Å². The molecular formula is C14H23N. The molecule has 0 atom stereocenters. The predicted octanol–water partition coefficient (Wildman–Crippen LogP) is 4.47. The summed E-state index contributed by atoms with van der Waals surface area (Å²) in [6, 6.07) is 2.37. The highest BCUT2D eigenvalue weighted by atomic mass is 14.4. The summed E-state index contributed by atoms with van der Waals surface area (Å²) in [5.41, 5.74) is -0.387. The Hall–Kier alpha value is -1.03. The van der Waals surface area contributed by atoms with Gasteiger partial charge in [-0.25, -0.2) is 0 Å². The lowest BCUT2D eigenvalue weighted by Gasteiger charge is -2.33. The van der Waals surface area contributed by atoms with Crippen molar-refractivity contribution in [2.24, 2.45) is 10.8 Å². The van der Waals surface area contributed by atoms with E-state index >= 15 is 0 Å². The van der Waals surface area contributed by atoms with Crippen LogP contribution in [0.4, 0.5) is 0 Å². The third-order valence-electron chi connectivity index (χ3n) is 3.16. The van der Waals surface area contributed by atoms with Crippen molar-refractivity contribution >= 4 is 0 Å². The van der Waals surface area contributed by atoms with Crippen LogP contribution in [0.15, 0.2) is 24.3 Å². The molecule has 0 unspecified atom stereocenters. The second kappa shape index (κ2) is 5.75. The van der Waals surface area contributed by atoms with Gasteiger partial charge in [-0.15, -0.1) is 0 Å². The van der Waals surface area contributed by atoms with Gasteiger partial charge in [0.2, 0.25) is 0 Å². The number of rotatable bonds is 5. The quantitative estimate of drug-likeness (QED) is 0.479. The van der Waals surface area contributed by atoms with Gasteiger partial charge in [0, 0.05) is 5.41 Å². The summed E-state index contributed by atoms with van der Waals surface area (Å²) >= 11 is 0. The molecule has 0 aliphatic carbocycles. The van der Waals surface area contributed by atoms with E-state index in [0.717, 1.165) is 12.8 Å². The van der Waals surface area contributed by atoms with Gasteiger partial charge in [-0.3, -0.25) is 0 Å². The van der Waals surface area contributed by atoms with Crippen LogP contribution in [-0.2, 0) is 0 Å². The van der Waals surface area contributed by atoms with Crippen molar-refractivity contribution in [1.29, 1.82) is 5.26 Å². The highest BCUT2D eigenvalue weighted by Gasteiger charge is 2.34. The molecule has 0 aromatic carbocycles. The Balaban J connectivity index is 4.33. The minimum atomic E-state index is -0.315. The molecule has 1 nitrogen and oxygen atoms in total. The van der Waals surface area contributed by atoms with Crippen LogP contribution < -0.4 is 0 Å². The Bertz CT molecular complexity index is 274. The topological polar surface area (TPSA) is 23.8 Å². The standard InChI is InChI=1S/C14H23N/c1-6-7-8-9-10-11-13(2,3)14(4,5)12-15/h6-7,10-11H,8-9H2,1-5H3/b7-6+,11-10+. The number of allylic oxidation sites excluding steroid dienone is 4. The van der Waals surface area contributed by atoms with Crippen LogP contribution in [0.25, 0.3) is 0 Å². The SMILES string of the molecule is C/C=C/CC/C=C/C(C)(C)C(C)(C)C#N. The van der Waals surface area contributed by atoms with Crippen molar-refractivity contribution in [3.8, 4) is 6.07 Å². The van der Waals surface area contributed by atoms with Gasteiger partial charge in [-0.05, 0) is 33.6 Å². The van der Waals surface area contributed by atoms with Gasteiger partial charge in [-0.2, -0.15) is 5.26 Å². The Labute approximate surface area is 94.5 Å². The van der Waals surface area contributed by atoms with Crippen molar-refractivity contribution < 1.29 is 0 Å². The van der Waals surface area contributed by atoms with Crippen molar-refractivity contribution in [3.63, 3.8) is 0 Å². The van der Waals surface area contributed by atoms with E-state index in [1.807, 2.05) is 20.8 Å². The molecule has 0 heterocycles. The van der Waals surface area contributed by atoms with Crippen molar-refractivity contribution in [2.45, 2.75) is 47.5 Å². The van der Waals surface area contributed by atoms with Gasteiger partial charge < -0.3 is 0 Å². The molecule has 0 aliphatic heterocycles. The Morgan fingerprint density at radius 1 is 1.07 bits per heavy atom. The maximum Gasteiger partial charge on any atom is 0.0692 e. The first kappa shape index (κ1) is 14.0. The number of hydrogen-bond acceptors (Lipinski definition) is 1. The van der Waals surface area contributed by atoms with E-state index in [9.17, 15) is 0 Å². The highest BCUT2D eigenvalue weighted by molar-refractivity contribution is 5.10. The zero-order valence-electron chi connectivity index (χ0n) is 10.7. The molecular weight excluding hydrogens is 182 g/mol. The fourth-order valence-electron chi connectivity index (χ4n) is 1.09. The molecule has 0 amide bonds. The van der Waals surface area contributed by atoms with Gasteiger partial charge >= 0.3 is 0 Å². The van der Waals surface area contributed by atoms with Gasteiger partial charge in [0.1, 0.15) is 0 Å². The molecule has 0 saturated carbocycles. The third-order valence-corrected chi connectivity index (χ3v) is 3.16. The first-order chi connectivity index (χ1) is 6.87. The van der Waals surface area contributed by atoms with Gasteiger partial charge in [0.05, 0.1) is 11.5 Å². The minimum Gasteiger partial charge on any atom is -0.198 e. The van der Waals surface area contributed by atoms with E-state index < -0.39 is 0 Å². The van der Waals surface area contributed by atoms with E-state index in [1.54, 1.807) is 0 Å². The molecule has 0 rings (SSSR count). The largest absolute Gasteiger partial charge is 0.198 e. The lowest BCUT2D eigenvalue weighted by molar-refractivity contribution is 0.242. The Kier molecular flexibility index (Phi) is 5.36. The molecule has 0 N–H and O–H groups in total. The summed E-state index contributed by atoms with van der Waals surface area (Å²) in [5.74, 6) is 0. The second-order valence-corrected chi connectivity index (χ2v) is 5.01. The first-order valence-corrected chi connectivity index (χ1v) is 5.57. The Morgan fingerprint density at radius 2 is 1.60 bits per heavy atom. The molecule has 0 aromatic heterocycles. The average molecular weight is 205 g/mol. The normalized spacial score (nSPS) is 13.6. The summed E-state index contributed by atoms with van der Waals surface area (Å²) in [6.45, 7) is 10.2. The maximum atomic E-state index is 9.08. The molecule has 0 fully saturated rings. The maximum absolute atomic E-state index is 9.08. The van der Waals surface area contributed by atoms with Crippen LogP contribution in [0.2, 0.25) is 0 Å². The zero-order valence-corrected chi connectivity index (χ0v) is 10.7. The van der Waals surface area contributed by atoms with Gasteiger partial charge in [-0.1, -0.05) is 38.2 Å². The van der Waals surface area contributed by atoms with Crippen LogP contribution in [0, 0.1) is 22.2 Å². The van der Waals surface area contributed by atoms with E-state index in [2.05, 4.69) is 44.2 Å². The summed E-state index contributed by atoms with van der Waals surface area (Å²) in [7, 11) is 0. The third kappa shape index (κ3) is 4.34. The fraction of sp³-hybridized carbons (Fsp3) is 0.643. The molecule has 0 bridgehead atoms. The zero-order chi connectivity index (χ0) is 11.9. The van der Waals surface area contributed by atoms with Gasteiger partial charge in [0.25, 0.3) is 0 Å². The van der Waals surface area contributed by atoms with Crippen LogP contribution in [-0.4, -0.2) is 0 Å². The smallest absolute Gasteiger partial charge is 0.0692 e. The summed E-state index contributed by atoms with van der Waals surface area (Å²) in [6.07, 6.45) is 10.7. The average Bonchev–Trinajstić information content (AvgIpc) is 2.17. The molecule has 0 aliphatic rings. The van der Waals surface area contributed by atoms with E-state index in [0.29, 0.717) is 0 Å². The van der Waals surface area contributed by atoms with E-state index in [-0.39, 0.29) is 10.8 Å². The van der Waals surface area contributed by atoms with Crippen LogP contribution >= 0.6 is 0 Å². The number of nitrogens with zero attached hydrogens (tertiary/aromatic N) is 1. The van der Waals surface area contributed by atoms with Gasteiger partial charge in [0.15, 0.2) is 0 Å². The molecule has 0 aromatic rings. The lowest BCUT2D eigenvalue weighted by Crippen LogP contribution is -2.28. The molecule has 84 valence electrons. The van der Waals surface area contributed by atoms with Crippen LogP contribution in [0.3, 0.4) is 0 Å². The minimum absolute atomic E-state index is 0.0717. The van der Waals surface area contributed by atoms with Crippen molar-refractivity contribution in [1.82, 2.24) is 0 Å². The summed E-state index contributed by atoms with van der Waals surface area (Å²) < 4.78 is 0. The number of unbranched alkanes of at least 4 members (excludes halogenated alkanes) is 1. The first-order valence-electron chi connectivity index (χ1n) is 5.57. The molecule has 15 heavy (non-hydrogen) atoms. The molecule has 0 spiro atoms. The highest BCUT2D eigenvalue weighted by Crippen LogP contribution is 2.39. The monoisotopic (exact) mass is 205 g/mol.